The van der Waals surface area contributed by atoms with Gasteiger partial charge in [-0.15, -0.1) is 0 Å². The molecule has 0 aliphatic rings. The minimum Gasteiger partial charge on any atom is -0.490 e. The molecule has 1 aromatic heterocycles. The van der Waals surface area contributed by atoms with Crippen molar-refractivity contribution < 1.29 is 9.84 Å². The number of hydrogen-bond acceptors (Lipinski definition) is 4. The number of hydrogen-bond donors (Lipinski definition) is 2. The second-order valence-corrected chi connectivity index (χ2v) is 5.10. The summed E-state index contributed by atoms with van der Waals surface area (Å²) in [5, 5.41) is 16.9. The summed E-state index contributed by atoms with van der Waals surface area (Å²) < 4.78 is 7.28. The van der Waals surface area contributed by atoms with E-state index in [1.165, 1.54) is 0 Å². The predicted octanol–water partition coefficient (Wildman–Crippen LogP) is 2.67. The fraction of sp³-hybridized carbons (Fsp3) is 0.353. The first kappa shape index (κ1) is 16.1. The van der Waals surface area contributed by atoms with Crippen LogP contribution < -0.4 is 10.1 Å². The van der Waals surface area contributed by atoms with Gasteiger partial charge in [0.05, 0.1) is 18.8 Å². The van der Waals surface area contributed by atoms with E-state index in [1.807, 2.05) is 42.8 Å². The SMILES string of the molecule is C=CCOc1ccc(CNc2c(C)c(C)nn2CCO)cc1. The van der Waals surface area contributed by atoms with Gasteiger partial charge in [-0.3, -0.25) is 0 Å². The molecule has 0 unspecified atom stereocenters. The zero-order chi connectivity index (χ0) is 15.9. The molecule has 1 heterocycles. The standard InChI is InChI=1S/C17H23N3O2/c1-4-11-22-16-7-5-15(6-8-16)12-18-17-13(2)14(3)19-20(17)9-10-21/h4-8,18,21H,1,9-12H2,2-3H3. The van der Waals surface area contributed by atoms with Crippen molar-refractivity contribution in [2.45, 2.75) is 26.9 Å². The van der Waals surface area contributed by atoms with Crippen LogP contribution in [0.25, 0.3) is 0 Å². The molecule has 0 aliphatic carbocycles. The summed E-state index contributed by atoms with van der Waals surface area (Å²) in [6.45, 7) is 9.40. The number of nitrogens with one attached hydrogen (secondary N) is 1. The average Bonchev–Trinajstić information content (AvgIpc) is 2.79. The van der Waals surface area contributed by atoms with Crippen molar-refractivity contribution in [1.29, 1.82) is 0 Å². The number of rotatable bonds is 8. The smallest absolute Gasteiger partial charge is 0.127 e. The number of ether oxygens (including phenoxy) is 1. The van der Waals surface area contributed by atoms with Crippen LogP contribution >= 0.6 is 0 Å². The maximum Gasteiger partial charge on any atom is 0.127 e. The van der Waals surface area contributed by atoms with Gasteiger partial charge in [-0.2, -0.15) is 5.10 Å². The van der Waals surface area contributed by atoms with Gasteiger partial charge in [0.1, 0.15) is 18.2 Å². The van der Waals surface area contributed by atoms with Crippen molar-refractivity contribution in [3.8, 4) is 5.75 Å². The molecule has 0 spiro atoms. The lowest BCUT2D eigenvalue weighted by atomic mass is 10.2. The Morgan fingerprint density at radius 1 is 1.32 bits per heavy atom. The fourth-order valence-electron chi connectivity index (χ4n) is 2.20. The monoisotopic (exact) mass is 301 g/mol. The molecular weight excluding hydrogens is 278 g/mol. The third-order valence-electron chi connectivity index (χ3n) is 3.49. The molecule has 0 atom stereocenters. The fourth-order valence-corrected chi connectivity index (χ4v) is 2.20. The van der Waals surface area contributed by atoms with Crippen LogP contribution in [0.15, 0.2) is 36.9 Å². The molecule has 118 valence electrons. The Kier molecular flexibility index (Phi) is 5.61. The van der Waals surface area contributed by atoms with Crippen molar-refractivity contribution in [2.75, 3.05) is 18.5 Å². The highest BCUT2D eigenvalue weighted by Gasteiger charge is 2.10. The third kappa shape index (κ3) is 3.89. The topological polar surface area (TPSA) is 59.3 Å². The highest BCUT2D eigenvalue weighted by molar-refractivity contribution is 5.47. The van der Waals surface area contributed by atoms with E-state index in [1.54, 1.807) is 6.08 Å². The molecule has 2 rings (SSSR count). The minimum atomic E-state index is 0.0740. The molecule has 0 radical (unpaired) electrons. The molecule has 5 heteroatoms. The minimum absolute atomic E-state index is 0.0740. The van der Waals surface area contributed by atoms with Gasteiger partial charge in [0, 0.05) is 12.1 Å². The second-order valence-electron chi connectivity index (χ2n) is 5.10. The van der Waals surface area contributed by atoms with E-state index in [4.69, 9.17) is 9.84 Å². The van der Waals surface area contributed by atoms with Gasteiger partial charge in [-0.25, -0.2) is 4.68 Å². The predicted molar refractivity (Wildman–Crippen MR) is 88.2 cm³/mol. The molecule has 1 aromatic carbocycles. The number of aromatic nitrogens is 2. The number of benzene rings is 1. The first-order valence-electron chi connectivity index (χ1n) is 7.37. The number of nitrogens with zero attached hydrogens (tertiary/aromatic N) is 2. The van der Waals surface area contributed by atoms with Crippen LogP contribution in [0, 0.1) is 13.8 Å². The summed E-state index contributed by atoms with van der Waals surface area (Å²) in [6, 6.07) is 7.95. The Bertz CT molecular complexity index is 618. The van der Waals surface area contributed by atoms with Gasteiger partial charge in [-0.1, -0.05) is 24.8 Å². The quantitative estimate of drug-likeness (QED) is 0.736. The van der Waals surface area contributed by atoms with Gasteiger partial charge in [0.2, 0.25) is 0 Å². The highest BCUT2D eigenvalue weighted by atomic mass is 16.5. The summed E-state index contributed by atoms with van der Waals surface area (Å²) in [5.41, 5.74) is 3.24. The van der Waals surface area contributed by atoms with Crippen molar-refractivity contribution in [2.24, 2.45) is 0 Å². The molecular formula is C17H23N3O2. The van der Waals surface area contributed by atoms with E-state index in [-0.39, 0.29) is 6.61 Å². The van der Waals surface area contributed by atoms with Crippen LogP contribution in [0.5, 0.6) is 5.75 Å². The summed E-state index contributed by atoms with van der Waals surface area (Å²) in [5.74, 6) is 1.79. The Balaban J connectivity index is 2.02. The lowest BCUT2D eigenvalue weighted by Crippen LogP contribution is -2.10. The number of anilines is 1. The zero-order valence-corrected chi connectivity index (χ0v) is 13.2. The molecule has 22 heavy (non-hydrogen) atoms. The van der Waals surface area contributed by atoms with Gasteiger partial charge in [0.25, 0.3) is 0 Å². The maximum absolute atomic E-state index is 9.12. The molecule has 0 saturated heterocycles. The van der Waals surface area contributed by atoms with Crippen molar-refractivity contribution in [3.05, 3.63) is 53.7 Å². The van der Waals surface area contributed by atoms with Crippen molar-refractivity contribution >= 4 is 5.82 Å². The Morgan fingerprint density at radius 2 is 2.05 bits per heavy atom. The Hall–Kier alpha value is -2.27. The number of aliphatic hydroxyl groups excluding tert-OH is 1. The summed E-state index contributed by atoms with van der Waals surface area (Å²) in [6.07, 6.45) is 1.73. The largest absolute Gasteiger partial charge is 0.490 e. The van der Waals surface area contributed by atoms with Gasteiger partial charge < -0.3 is 15.2 Å². The molecule has 2 N–H and O–H groups in total. The molecule has 0 bridgehead atoms. The van der Waals surface area contributed by atoms with Gasteiger partial charge in [0.15, 0.2) is 0 Å². The molecule has 0 aliphatic heterocycles. The number of aliphatic hydroxyl groups is 1. The Morgan fingerprint density at radius 3 is 2.68 bits per heavy atom. The van der Waals surface area contributed by atoms with E-state index in [0.29, 0.717) is 19.7 Å². The first-order valence-corrected chi connectivity index (χ1v) is 7.37. The summed E-state index contributed by atoms with van der Waals surface area (Å²) >= 11 is 0. The van der Waals surface area contributed by atoms with Crippen LogP contribution in [-0.4, -0.2) is 28.1 Å². The number of aryl methyl sites for hydroxylation is 1. The zero-order valence-electron chi connectivity index (χ0n) is 13.2. The van der Waals surface area contributed by atoms with Gasteiger partial charge >= 0.3 is 0 Å². The third-order valence-corrected chi connectivity index (χ3v) is 3.49. The van der Waals surface area contributed by atoms with E-state index in [9.17, 15) is 0 Å². The van der Waals surface area contributed by atoms with Gasteiger partial charge in [-0.05, 0) is 31.5 Å². The summed E-state index contributed by atoms with van der Waals surface area (Å²) in [7, 11) is 0. The Labute approximate surface area is 131 Å². The first-order chi connectivity index (χ1) is 10.7. The van der Waals surface area contributed by atoms with E-state index in [0.717, 1.165) is 28.4 Å². The molecule has 5 nitrogen and oxygen atoms in total. The van der Waals surface area contributed by atoms with Crippen LogP contribution in [0.1, 0.15) is 16.8 Å². The lowest BCUT2D eigenvalue weighted by Gasteiger charge is -2.11. The van der Waals surface area contributed by atoms with E-state index in [2.05, 4.69) is 17.0 Å². The summed E-state index contributed by atoms with van der Waals surface area (Å²) in [4.78, 5) is 0. The van der Waals surface area contributed by atoms with Crippen LogP contribution in [0.3, 0.4) is 0 Å². The molecule has 0 saturated carbocycles. The molecule has 2 aromatic rings. The molecule has 0 amide bonds. The van der Waals surface area contributed by atoms with Crippen LogP contribution in [0.2, 0.25) is 0 Å². The van der Waals surface area contributed by atoms with E-state index < -0.39 is 0 Å². The van der Waals surface area contributed by atoms with Crippen molar-refractivity contribution in [1.82, 2.24) is 9.78 Å². The normalized spacial score (nSPS) is 10.5. The van der Waals surface area contributed by atoms with E-state index >= 15 is 0 Å². The highest BCUT2D eigenvalue weighted by Crippen LogP contribution is 2.20. The average molecular weight is 301 g/mol. The van der Waals surface area contributed by atoms with Crippen LogP contribution in [0.4, 0.5) is 5.82 Å². The second kappa shape index (κ2) is 7.66. The van der Waals surface area contributed by atoms with Crippen molar-refractivity contribution in [3.63, 3.8) is 0 Å². The molecule has 0 fully saturated rings. The maximum atomic E-state index is 9.12. The van der Waals surface area contributed by atoms with Crippen LogP contribution in [-0.2, 0) is 13.1 Å². The lowest BCUT2D eigenvalue weighted by molar-refractivity contribution is 0.270.